The first-order chi connectivity index (χ1) is 12.2. The number of anilines is 1. The van der Waals surface area contributed by atoms with Gasteiger partial charge in [0.25, 0.3) is 0 Å². The molecular formula is C18H25N5O2. The first-order valence-corrected chi connectivity index (χ1v) is 9.18. The number of amides is 2. The fourth-order valence-electron chi connectivity index (χ4n) is 3.78. The summed E-state index contributed by atoms with van der Waals surface area (Å²) >= 11 is 0. The van der Waals surface area contributed by atoms with Crippen LogP contribution in [0.25, 0.3) is 0 Å². The van der Waals surface area contributed by atoms with Gasteiger partial charge in [0.15, 0.2) is 5.82 Å². The molecule has 7 nitrogen and oxygen atoms in total. The number of nitrogens with one attached hydrogen (secondary N) is 1. The van der Waals surface area contributed by atoms with Crippen LogP contribution in [0.1, 0.15) is 51.4 Å². The maximum absolute atomic E-state index is 12.5. The highest BCUT2D eigenvalue weighted by Gasteiger charge is 2.38. The Morgan fingerprint density at radius 3 is 2.80 bits per heavy atom. The van der Waals surface area contributed by atoms with E-state index in [-0.39, 0.29) is 24.2 Å². The van der Waals surface area contributed by atoms with Crippen molar-refractivity contribution in [1.29, 1.82) is 5.26 Å². The lowest BCUT2D eigenvalue weighted by molar-refractivity contribution is -0.130. The second kappa shape index (κ2) is 8.15. The molecule has 0 bridgehead atoms. The summed E-state index contributed by atoms with van der Waals surface area (Å²) in [6, 6.07) is 4.09. The zero-order valence-corrected chi connectivity index (χ0v) is 14.5. The Labute approximate surface area is 148 Å². The summed E-state index contributed by atoms with van der Waals surface area (Å²) in [5.41, 5.74) is 0. The van der Waals surface area contributed by atoms with Gasteiger partial charge in [0.1, 0.15) is 0 Å². The third-order valence-corrected chi connectivity index (χ3v) is 5.14. The van der Waals surface area contributed by atoms with E-state index in [1.807, 2.05) is 4.90 Å². The number of rotatable bonds is 5. The Bertz CT molecular complexity index is 655. The monoisotopic (exact) mass is 343 g/mol. The topological polar surface area (TPSA) is 91.0 Å². The van der Waals surface area contributed by atoms with Gasteiger partial charge in [0.2, 0.25) is 11.8 Å². The second-order valence-electron chi connectivity index (χ2n) is 6.95. The molecule has 2 aliphatic rings. The Balaban J connectivity index is 1.55. The van der Waals surface area contributed by atoms with Crippen LogP contribution in [0.4, 0.5) is 5.82 Å². The molecule has 3 rings (SSSR count). The van der Waals surface area contributed by atoms with E-state index in [0.717, 1.165) is 12.8 Å². The van der Waals surface area contributed by atoms with Gasteiger partial charge in [-0.15, -0.1) is 0 Å². The highest BCUT2D eigenvalue weighted by molar-refractivity contribution is 5.96. The highest BCUT2D eigenvalue weighted by Crippen LogP contribution is 2.28. The molecular weight excluding hydrogens is 318 g/mol. The average Bonchev–Trinajstić information content (AvgIpc) is 3.11. The molecule has 1 aliphatic carbocycles. The zero-order chi connectivity index (χ0) is 17.6. The Morgan fingerprint density at radius 2 is 2.08 bits per heavy atom. The first-order valence-electron chi connectivity index (χ1n) is 9.18. The van der Waals surface area contributed by atoms with Gasteiger partial charge in [0.05, 0.1) is 25.0 Å². The van der Waals surface area contributed by atoms with Crippen LogP contribution in [-0.4, -0.2) is 39.1 Å². The van der Waals surface area contributed by atoms with Crippen molar-refractivity contribution < 1.29 is 9.59 Å². The van der Waals surface area contributed by atoms with E-state index in [4.69, 9.17) is 5.26 Å². The quantitative estimate of drug-likeness (QED) is 0.831. The van der Waals surface area contributed by atoms with Gasteiger partial charge < -0.3 is 10.2 Å². The second-order valence-corrected chi connectivity index (χ2v) is 6.95. The predicted octanol–water partition coefficient (Wildman–Crippen LogP) is 2.31. The fraction of sp³-hybridized carbons (Fsp3) is 0.667. The van der Waals surface area contributed by atoms with Gasteiger partial charge >= 0.3 is 0 Å². The van der Waals surface area contributed by atoms with Crippen LogP contribution in [0.15, 0.2) is 12.3 Å². The summed E-state index contributed by atoms with van der Waals surface area (Å²) in [5.74, 6) is 0.130. The van der Waals surface area contributed by atoms with Gasteiger partial charge in [-0.05, 0) is 12.8 Å². The molecule has 1 aromatic heterocycles. The molecule has 7 heteroatoms. The van der Waals surface area contributed by atoms with Crippen LogP contribution >= 0.6 is 0 Å². The molecule has 25 heavy (non-hydrogen) atoms. The minimum Gasteiger partial charge on any atom is -0.339 e. The van der Waals surface area contributed by atoms with E-state index in [9.17, 15) is 9.59 Å². The van der Waals surface area contributed by atoms with Crippen LogP contribution in [0.3, 0.4) is 0 Å². The number of likely N-dealkylation sites (tertiary alicyclic amines) is 1. The summed E-state index contributed by atoms with van der Waals surface area (Å²) in [6.07, 6.45) is 9.36. The molecule has 1 saturated heterocycles. The van der Waals surface area contributed by atoms with Gasteiger partial charge in [-0.3, -0.25) is 14.3 Å². The standard InChI is InChI=1S/C18H25N5O2/c19-9-5-10-22-11-8-16(21-22)20-18(25)14-12-17(24)23(13-14)15-6-3-1-2-4-7-15/h8,11,14-15H,1-7,10,12-13H2,(H,20,21,25). The van der Waals surface area contributed by atoms with E-state index in [1.165, 1.54) is 25.7 Å². The van der Waals surface area contributed by atoms with Crippen LogP contribution in [-0.2, 0) is 16.1 Å². The van der Waals surface area contributed by atoms with Gasteiger partial charge in [-0.25, -0.2) is 0 Å². The van der Waals surface area contributed by atoms with Crippen molar-refractivity contribution >= 4 is 17.6 Å². The average molecular weight is 343 g/mol. The maximum Gasteiger partial charge on any atom is 0.230 e. The number of nitriles is 1. The van der Waals surface area contributed by atoms with Crippen molar-refractivity contribution in [1.82, 2.24) is 14.7 Å². The number of aryl methyl sites for hydroxylation is 1. The molecule has 0 radical (unpaired) electrons. The fourth-order valence-corrected chi connectivity index (χ4v) is 3.78. The van der Waals surface area contributed by atoms with Crippen LogP contribution in [0, 0.1) is 17.2 Å². The van der Waals surface area contributed by atoms with E-state index in [0.29, 0.717) is 31.4 Å². The van der Waals surface area contributed by atoms with Crippen LogP contribution in [0.2, 0.25) is 0 Å². The van der Waals surface area contributed by atoms with Crippen molar-refractivity contribution in [3.63, 3.8) is 0 Å². The van der Waals surface area contributed by atoms with E-state index in [1.54, 1.807) is 16.9 Å². The Morgan fingerprint density at radius 1 is 1.32 bits per heavy atom. The van der Waals surface area contributed by atoms with Gasteiger partial charge in [-0.2, -0.15) is 10.4 Å². The van der Waals surface area contributed by atoms with Crippen molar-refractivity contribution in [3.05, 3.63) is 12.3 Å². The number of nitrogens with zero attached hydrogens (tertiary/aromatic N) is 4. The highest BCUT2D eigenvalue weighted by atomic mass is 16.2. The number of hydrogen-bond donors (Lipinski definition) is 1. The molecule has 2 heterocycles. The predicted molar refractivity (Wildman–Crippen MR) is 92.4 cm³/mol. The van der Waals surface area contributed by atoms with E-state index in [2.05, 4.69) is 16.5 Å². The first kappa shape index (κ1) is 17.5. The number of carbonyl (C=O) groups excluding carboxylic acids is 2. The third kappa shape index (κ3) is 4.38. The molecule has 1 saturated carbocycles. The largest absolute Gasteiger partial charge is 0.339 e. The maximum atomic E-state index is 12.5. The number of aromatic nitrogens is 2. The minimum atomic E-state index is -0.306. The molecule has 1 unspecified atom stereocenters. The lowest BCUT2D eigenvalue weighted by atomic mass is 10.1. The smallest absolute Gasteiger partial charge is 0.230 e. The molecule has 2 amide bonds. The summed E-state index contributed by atoms with van der Waals surface area (Å²) in [5, 5.41) is 15.6. The molecule has 0 aromatic carbocycles. The molecule has 134 valence electrons. The molecule has 1 aromatic rings. The molecule has 0 spiro atoms. The molecule has 1 N–H and O–H groups in total. The molecule has 1 atom stereocenters. The number of carbonyl (C=O) groups is 2. The Hall–Kier alpha value is -2.36. The van der Waals surface area contributed by atoms with E-state index < -0.39 is 0 Å². The normalized spacial score (nSPS) is 21.8. The minimum absolute atomic E-state index is 0.103. The Kier molecular flexibility index (Phi) is 5.69. The number of hydrogen-bond acceptors (Lipinski definition) is 4. The van der Waals surface area contributed by atoms with Gasteiger partial charge in [-0.1, -0.05) is 25.7 Å². The van der Waals surface area contributed by atoms with Crippen molar-refractivity contribution in [2.45, 2.75) is 64.0 Å². The van der Waals surface area contributed by atoms with E-state index >= 15 is 0 Å². The lowest BCUT2D eigenvalue weighted by Crippen LogP contribution is -2.37. The van der Waals surface area contributed by atoms with Crippen molar-refractivity contribution in [2.24, 2.45) is 5.92 Å². The summed E-state index contributed by atoms with van der Waals surface area (Å²) in [6.45, 7) is 1.02. The lowest BCUT2D eigenvalue weighted by Gasteiger charge is -2.27. The van der Waals surface area contributed by atoms with Crippen LogP contribution < -0.4 is 5.32 Å². The summed E-state index contributed by atoms with van der Waals surface area (Å²) < 4.78 is 1.64. The molecule has 2 fully saturated rings. The molecule has 1 aliphatic heterocycles. The zero-order valence-electron chi connectivity index (χ0n) is 14.5. The SMILES string of the molecule is N#CCCn1ccc(NC(=O)C2CC(=O)N(C3CCCCCC3)C2)n1. The third-order valence-electron chi connectivity index (χ3n) is 5.14. The van der Waals surface area contributed by atoms with Crippen molar-refractivity contribution in [2.75, 3.05) is 11.9 Å². The summed E-state index contributed by atoms with van der Waals surface area (Å²) in [7, 11) is 0. The van der Waals surface area contributed by atoms with Crippen molar-refractivity contribution in [3.8, 4) is 6.07 Å². The van der Waals surface area contributed by atoms with Gasteiger partial charge in [0, 0.05) is 31.3 Å². The van der Waals surface area contributed by atoms with Crippen LogP contribution in [0.5, 0.6) is 0 Å². The summed E-state index contributed by atoms with van der Waals surface area (Å²) in [4.78, 5) is 26.8.